The first-order chi connectivity index (χ1) is 5.20. The number of hydrogen-bond donors (Lipinski definition) is 1. The normalized spacial score (nSPS) is 8.67. The van der Waals surface area contributed by atoms with E-state index < -0.39 is 18.3 Å². The van der Waals surface area contributed by atoms with E-state index >= 15 is 0 Å². The number of aromatic nitrogens is 2. The van der Waals surface area contributed by atoms with Gasteiger partial charge in [-0.1, -0.05) is 0 Å². The lowest BCUT2D eigenvalue weighted by Gasteiger charge is -1.94. The fourth-order valence-corrected chi connectivity index (χ4v) is 0.627. The van der Waals surface area contributed by atoms with Crippen molar-refractivity contribution in [1.29, 1.82) is 0 Å². The molecule has 0 aromatic carbocycles. The van der Waals surface area contributed by atoms with Crippen molar-refractivity contribution in [2.24, 2.45) is 0 Å². The Balaban J connectivity index is 0.00000121. The average molecular weight is 235 g/mol. The van der Waals surface area contributed by atoms with E-state index in [2.05, 4.69) is 4.98 Å². The highest BCUT2D eigenvalue weighted by atomic mass is 79.9. The van der Waals surface area contributed by atoms with Gasteiger partial charge in [0.25, 0.3) is 0 Å². The van der Waals surface area contributed by atoms with E-state index in [1.165, 1.54) is 18.7 Å². The van der Waals surface area contributed by atoms with E-state index in [-0.39, 0.29) is 17.0 Å². The molecule has 1 aromatic rings. The molecule has 1 aromatic heterocycles. The summed E-state index contributed by atoms with van der Waals surface area (Å²) in [7, 11) is 0. The van der Waals surface area contributed by atoms with E-state index in [0.717, 1.165) is 4.57 Å². The molecule has 0 aliphatic heterocycles. The first-order valence-electron chi connectivity index (χ1n) is 2.93. The van der Waals surface area contributed by atoms with Crippen LogP contribution >= 0.6 is 17.0 Å². The maximum Gasteiger partial charge on any atom is 0.312 e. The minimum Gasteiger partial charge on any atom is -0.481 e. The largest absolute Gasteiger partial charge is 0.481 e. The van der Waals surface area contributed by atoms with Crippen LogP contribution in [0.3, 0.4) is 0 Å². The van der Waals surface area contributed by atoms with Crippen molar-refractivity contribution in [2.75, 3.05) is 0 Å². The minimum atomic E-state index is -1.14. The number of carboxylic acids is 1. The summed E-state index contributed by atoms with van der Waals surface area (Å²) in [5.41, 5.74) is 0. The van der Waals surface area contributed by atoms with Crippen LogP contribution in [0.4, 0.5) is 0 Å². The van der Waals surface area contributed by atoms with Crippen LogP contribution in [0.2, 0.25) is 0 Å². The molecule has 1 heterocycles. The predicted octanol–water partition coefficient (Wildman–Crippen LogP) is 0.576. The van der Waals surface area contributed by atoms with Crippen molar-refractivity contribution in [3.05, 3.63) is 18.7 Å². The van der Waals surface area contributed by atoms with Crippen LogP contribution in [0, 0.1) is 0 Å². The van der Waals surface area contributed by atoms with E-state index in [1.54, 1.807) is 0 Å². The van der Waals surface area contributed by atoms with Crippen LogP contribution in [0.5, 0.6) is 0 Å². The first kappa shape index (κ1) is 10.8. The zero-order chi connectivity index (χ0) is 8.27. The van der Waals surface area contributed by atoms with Crippen LogP contribution in [-0.2, 0) is 4.79 Å². The number of nitrogens with zero attached hydrogens (tertiary/aromatic N) is 2. The Morgan fingerprint density at radius 3 is 2.58 bits per heavy atom. The van der Waals surface area contributed by atoms with Crippen molar-refractivity contribution < 1.29 is 14.7 Å². The number of carbonyl (C=O) groups is 2. The summed E-state index contributed by atoms with van der Waals surface area (Å²) in [5.74, 6) is -1.63. The van der Waals surface area contributed by atoms with Gasteiger partial charge in [0.2, 0.25) is 5.91 Å². The van der Waals surface area contributed by atoms with Crippen LogP contribution in [0.1, 0.15) is 11.2 Å². The molecule has 1 N–H and O–H groups in total. The lowest BCUT2D eigenvalue weighted by atomic mass is 10.4. The SMILES string of the molecule is Br.O=C(O)CC(=O)n1ccnc1. The molecule has 6 heteroatoms. The molecule has 0 fully saturated rings. The van der Waals surface area contributed by atoms with Gasteiger partial charge in [0.1, 0.15) is 12.7 Å². The number of carboxylic acid groups (broad SMARTS) is 1. The van der Waals surface area contributed by atoms with Crippen LogP contribution in [0.15, 0.2) is 18.7 Å². The van der Waals surface area contributed by atoms with Gasteiger partial charge in [-0.2, -0.15) is 0 Å². The zero-order valence-electron chi connectivity index (χ0n) is 6.01. The molecule has 0 radical (unpaired) electrons. The number of carbonyl (C=O) groups excluding carboxylic acids is 1. The second-order valence-corrected chi connectivity index (χ2v) is 1.93. The Hall–Kier alpha value is -1.17. The smallest absolute Gasteiger partial charge is 0.312 e. The summed E-state index contributed by atoms with van der Waals surface area (Å²) in [6.07, 6.45) is 3.59. The Kier molecular flexibility index (Phi) is 4.20. The van der Waals surface area contributed by atoms with Gasteiger partial charge in [-0.05, 0) is 0 Å². The predicted molar refractivity (Wildman–Crippen MR) is 45.4 cm³/mol. The van der Waals surface area contributed by atoms with E-state index in [9.17, 15) is 9.59 Å². The van der Waals surface area contributed by atoms with Gasteiger partial charge >= 0.3 is 5.97 Å². The lowest BCUT2D eigenvalue weighted by Crippen LogP contribution is -2.13. The molecule has 66 valence electrons. The van der Waals surface area contributed by atoms with Gasteiger partial charge in [-0.15, -0.1) is 17.0 Å². The van der Waals surface area contributed by atoms with Crippen LogP contribution < -0.4 is 0 Å². The molecule has 0 spiro atoms. The number of halogens is 1. The second-order valence-electron chi connectivity index (χ2n) is 1.93. The summed E-state index contributed by atoms with van der Waals surface area (Å²) in [6, 6.07) is 0. The number of rotatable bonds is 2. The Labute approximate surface area is 78.8 Å². The van der Waals surface area contributed by atoms with Crippen molar-refractivity contribution in [3.63, 3.8) is 0 Å². The molecule has 0 saturated heterocycles. The molecule has 0 atom stereocenters. The molecule has 0 bridgehead atoms. The van der Waals surface area contributed by atoms with Gasteiger partial charge < -0.3 is 5.11 Å². The molecule has 1 rings (SSSR count). The average Bonchev–Trinajstić information content (AvgIpc) is 2.35. The Morgan fingerprint density at radius 1 is 1.50 bits per heavy atom. The molecule has 12 heavy (non-hydrogen) atoms. The number of imidazole rings is 1. The molecular formula is C6H7BrN2O3. The summed E-state index contributed by atoms with van der Waals surface area (Å²) in [4.78, 5) is 24.5. The fourth-order valence-electron chi connectivity index (χ4n) is 0.627. The van der Waals surface area contributed by atoms with Crippen LogP contribution in [-0.4, -0.2) is 26.5 Å². The Morgan fingerprint density at radius 2 is 2.17 bits per heavy atom. The quantitative estimate of drug-likeness (QED) is 0.761. The van der Waals surface area contributed by atoms with E-state index in [1.807, 2.05) is 0 Å². The van der Waals surface area contributed by atoms with Crippen molar-refractivity contribution >= 4 is 28.9 Å². The molecule has 0 saturated carbocycles. The van der Waals surface area contributed by atoms with Gasteiger partial charge in [0.05, 0.1) is 0 Å². The highest BCUT2D eigenvalue weighted by molar-refractivity contribution is 8.93. The third-order valence-corrected chi connectivity index (χ3v) is 1.09. The molecule has 0 unspecified atom stereocenters. The summed E-state index contributed by atoms with van der Waals surface area (Å²) < 4.78 is 1.13. The van der Waals surface area contributed by atoms with Crippen molar-refractivity contribution in [2.45, 2.75) is 6.42 Å². The van der Waals surface area contributed by atoms with Gasteiger partial charge in [0.15, 0.2) is 0 Å². The maximum atomic E-state index is 10.9. The summed E-state index contributed by atoms with van der Waals surface area (Å²) in [5, 5.41) is 8.23. The van der Waals surface area contributed by atoms with E-state index in [4.69, 9.17) is 5.11 Å². The summed E-state index contributed by atoms with van der Waals surface area (Å²) in [6.45, 7) is 0. The van der Waals surface area contributed by atoms with Crippen LogP contribution in [0.25, 0.3) is 0 Å². The van der Waals surface area contributed by atoms with Gasteiger partial charge in [0, 0.05) is 12.4 Å². The maximum absolute atomic E-state index is 10.9. The highest BCUT2D eigenvalue weighted by Crippen LogP contribution is 1.90. The third kappa shape index (κ3) is 2.83. The number of aliphatic carboxylic acids is 1. The standard InChI is InChI=1S/C6H6N2O3.BrH/c9-5(3-6(10)11)8-2-1-7-4-8;/h1-2,4H,3H2,(H,10,11);1H. The third-order valence-electron chi connectivity index (χ3n) is 1.09. The fraction of sp³-hybridized carbons (Fsp3) is 0.167. The van der Waals surface area contributed by atoms with Crippen molar-refractivity contribution in [1.82, 2.24) is 9.55 Å². The molecular weight excluding hydrogens is 228 g/mol. The molecule has 0 aliphatic rings. The molecule has 0 aliphatic carbocycles. The molecule has 5 nitrogen and oxygen atoms in total. The van der Waals surface area contributed by atoms with E-state index in [0.29, 0.717) is 0 Å². The number of hydrogen-bond acceptors (Lipinski definition) is 3. The van der Waals surface area contributed by atoms with Gasteiger partial charge in [-0.25, -0.2) is 4.98 Å². The van der Waals surface area contributed by atoms with Crippen molar-refractivity contribution in [3.8, 4) is 0 Å². The minimum absolute atomic E-state index is 0. The van der Waals surface area contributed by atoms with Gasteiger partial charge in [-0.3, -0.25) is 14.2 Å². The first-order valence-corrected chi connectivity index (χ1v) is 2.93. The monoisotopic (exact) mass is 234 g/mol. The zero-order valence-corrected chi connectivity index (χ0v) is 7.72. The lowest BCUT2D eigenvalue weighted by molar-refractivity contribution is -0.136. The summed E-state index contributed by atoms with van der Waals surface area (Å²) >= 11 is 0. The highest BCUT2D eigenvalue weighted by Gasteiger charge is 2.08. The second kappa shape index (κ2) is 4.66. The Bertz CT molecular complexity index is 270. The molecule has 0 amide bonds. The topological polar surface area (TPSA) is 72.2 Å².